The number of nitrogens with zero attached hydrogens (tertiary/aromatic N) is 1. The third kappa shape index (κ3) is 11.1. The normalized spacial score (nSPS) is 13.8. The van der Waals surface area contributed by atoms with Crippen LogP contribution in [-0.2, 0) is 27.6 Å². The maximum absolute atomic E-state index is 11.5. The number of alkyl halides is 6. The third-order valence-electron chi connectivity index (χ3n) is 4.11. The lowest BCUT2D eigenvalue weighted by Crippen LogP contribution is -2.44. The molecule has 0 rings (SSSR count). The first-order chi connectivity index (χ1) is 12.4. The fraction of sp³-hybridized carbons (Fsp3) is 1.00. The van der Waals surface area contributed by atoms with Crippen LogP contribution in [0.4, 0.5) is 26.3 Å². The molecule has 0 amide bonds. The molecule has 0 aliphatic carbocycles. The van der Waals surface area contributed by atoms with Gasteiger partial charge in [0.05, 0.1) is 26.7 Å². The summed E-state index contributed by atoms with van der Waals surface area (Å²) >= 11 is 0. The zero-order chi connectivity index (χ0) is 22.9. The quantitative estimate of drug-likeness (QED) is 0.117. The molecule has 0 aromatic carbocycles. The van der Waals surface area contributed by atoms with Gasteiger partial charge in [-0.1, -0.05) is 26.2 Å². The zero-order valence-electron chi connectivity index (χ0n) is 16.3. The number of quaternary nitrogens is 1. The van der Waals surface area contributed by atoms with Crippen LogP contribution >= 0.6 is 0 Å². The van der Waals surface area contributed by atoms with Crippen LogP contribution in [0.2, 0.25) is 0 Å². The van der Waals surface area contributed by atoms with Crippen molar-refractivity contribution in [2.24, 2.45) is 0 Å². The Kier molecular flexibility index (Phi) is 12.7. The number of rotatable bonds is 10. The lowest BCUT2D eigenvalue weighted by molar-refractivity contribution is -0.906. The molecule has 0 heterocycles. The van der Waals surface area contributed by atoms with Crippen LogP contribution in [0.5, 0.6) is 0 Å². The molecular formula is C14H29F6NO4S3+2. The van der Waals surface area contributed by atoms with E-state index in [0.717, 1.165) is 0 Å². The van der Waals surface area contributed by atoms with Crippen molar-refractivity contribution < 1.29 is 47.7 Å². The van der Waals surface area contributed by atoms with Crippen molar-refractivity contribution in [3.8, 4) is 0 Å². The van der Waals surface area contributed by atoms with E-state index in [1.807, 2.05) is 0 Å². The minimum absolute atomic E-state index is 1.26. The van der Waals surface area contributed by atoms with Gasteiger partial charge in [0.15, 0.2) is 0 Å². The highest BCUT2D eigenvalue weighted by molar-refractivity contribution is 8.94. The van der Waals surface area contributed by atoms with E-state index in [9.17, 15) is 43.2 Å². The number of halogens is 6. The molecule has 0 atom stereocenters. The molecule has 0 N–H and O–H groups in total. The Bertz CT molecular complexity index is 599. The zero-order valence-corrected chi connectivity index (χ0v) is 18.8. The molecule has 0 spiro atoms. The first-order valence-electron chi connectivity index (χ1n) is 8.59. The van der Waals surface area contributed by atoms with Gasteiger partial charge < -0.3 is 4.48 Å². The summed E-state index contributed by atoms with van der Waals surface area (Å²) in [6, 6.07) is 0. The molecule has 0 aromatic heterocycles. The van der Waals surface area contributed by atoms with Crippen molar-refractivity contribution >= 4 is 27.6 Å². The molecule has 0 saturated carbocycles. The summed E-state index contributed by atoms with van der Waals surface area (Å²) in [5.41, 5.74) is -12.1. The summed E-state index contributed by atoms with van der Waals surface area (Å²) in [4.78, 5) is 0. The predicted octanol–water partition coefficient (Wildman–Crippen LogP) is 3.94. The molecule has 0 radical (unpaired) electrons. The van der Waals surface area contributed by atoms with Gasteiger partial charge in [0.1, 0.15) is 0 Å². The molecule has 172 valence electrons. The van der Waals surface area contributed by atoms with E-state index < -0.39 is 38.6 Å². The minimum Gasteiger partial charge on any atom is -0.327 e. The molecule has 0 aliphatic rings. The van der Waals surface area contributed by atoms with Gasteiger partial charge in [-0.3, -0.25) is 0 Å². The third-order valence-corrected chi connectivity index (χ3v) is 11.6. The van der Waals surface area contributed by atoms with Crippen molar-refractivity contribution in [2.75, 3.05) is 26.7 Å². The van der Waals surface area contributed by atoms with Crippen LogP contribution in [0, 0.1) is 0 Å². The van der Waals surface area contributed by atoms with E-state index in [4.69, 9.17) is 0 Å². The van der Waals surface area contributed by atoms with Crippen molar-refractivity contribution in [1.29, 1.82) is 0 Å². The molecule has 0 aromatic rings. The van der Waals surface area contributed by atoms with E-state index in [1.165, 1.54) is 56.2 Å². The lowest BCUT2D eigenvalue weighted by atomic mass is 10.1. The smallest absolute Gasteiger partial charge is 0.327 e. The first-order valence-corrected chi connectivity index (χ1v) is 13.7. The Hall–Kier alpha value is -0.210. The SMILES string of the molecule is CCCCCCC[N+](C)(CC)CC.O=S(=O)([SH+]S(=O)(=O)C(F)(F)F)C(F)(F)F. The van der Waals surface area contributed by atoms with E-state index >= 15 is 0 Å². The van der Waals surface area contributed by atoms with Crippen molar-refractivity contribution in [2.45, 2.75) is 63.9 Å². The van der Waals surface area contributed by atoms with E-state index in [2.05, 4.69) is 27.8 Å². The van der Waals surface area contributed by atoms with Crippen LogP contribution in [0.15, 0.2) is 0 Å². The summed E-state index contributed by atoms with van der Waals surface area (Å²) in [7, 11) is -13.1. The predicted molar refractivity (Wildman–Crippen MR) is 99.6 cm³/mol. The van der Waals surface area contributed by atoms with E-state index in [0.29, 0.717) is 0 Å². The summed E-state index contributed by atoms with van der Waals surface area (Å²) in [5, 5.41) is 0. The molecule has 0 aliphatic heterocycles. The van der Waals surface area contributed by atoms with Gasteiger partial charge >= 0.3 is 28.8 Å². The van der Waals surface area contributed by atoms with Crippen LogP contribution in [-0.4, -0.2) is 59.0 Å². The Morgan fingerprint density at radius 1 is 0.714 bits per heavy atom. The lowest BCUT2D eigenvalue weighted by Gasteiger charge is -2.32. The average Bonchev–Trinajstić information content (AvgIpc) is 2.52. The number of unbranched alkanes of at least 4 members (excludes halogenated alkanes) is 4. The highest BCUT2D eigenvalue weighted by atomic mass is 33.5. The molecule has 0 unspecified atom stereocenters. The maximum atomic E-state index is 11.5. The average molecular weight is 486 g/mol. The monoisotopic (exact) mass is 485 g/mol. The largest absolute Gasteiger partial charge is 0.545 e. The van der Waals surface area contributed by atoms with Crippen molar-refractivity contribution in [3.63, 3.8) is 0 Å². The summed E-state index contributed by atoms with van der Waals surface area (Å²) in [6.07, 6.45) is 7.05. The second kappa shape index (κ2) is 11.8. The van der Waals surface area contributed by atoms with Gasteiger partial charge in [-0.25, -0.2) is 0 Å². The second-order valence-corrected chi connectivity index (χ2v) is 14.0. The molecular weight excluding hydrogens is 456 g/mol. The van der Waals surface area contributed by atoms with Gasteiger partial charge in [-0.05, 0) is 26.7 Å². The van der Waals surface area contributed by atoms with Crippen LogP contribution in [0.3, 0.4) is 0 Å². The fourth-order valence-corrected chi connectivity index (χ4v) is 7.41. The van der Waals surface area contributed by atoms with E-state index in [-0.39, 0.29) is 0 Å². The van der Waals surface area contributed by atoms with E-state index in [1.54, 1.807) is 0 Å². The maximum Gasteiger partial charge on any atom is 0.545 e. The highest BCUT2D eigenvalue weighted by Crippen LogP contribution is 2.32. The first kappa shape index (κ1) is 30.0. The van der Waals surface area contributed by atoms with Crippen molar-refractivity contribution in [3.05, 3.63) is 0 Å². The highest BCUT2D eigenvalue weighted by Gasteiger charge is 2.63. The molecule has 0 saturated heterocycles. The second-order valence-electron chi connectivity index (χ2n) is 6.31. The Balaban J connectivity index is 0. The van der Waals surface area contributed by atoms with Crippen LogP contribution in [0.1, 0.15) is 52.9 Å². The summed E-state index contributed by atoms with van der Waals surface area (Å²) in [5.74, 6) is 0. The fourth-order valence-electron chi connectivity index (χ4n) is 1.85. The standard InChI is InChI=1S/C12H28N.C2F6O4S3/c1-5-8-9-10-11-12-13(4,6-2)7-3;3-1(4,5)14(9,10)13-15(11,12)2(6,7)8/h5-12H2,1-4H3;/q+1;/p+1. The Labute approximate surface area is 166 Å². The van der Waals surface area contributed by atoms with Crippen LogP contribution in [0.25, 0.3) is 0 Å². The Morgan fingerprint density at radius 2 is 1.07 bits per heavy atom. The molecule has 14 heteroatoms. The molecule has 28 heavy (non-hydrogen) atoms. The van der Waals surface area contributed by atoms with Gasteiger partial charge in [-0.2, -0.15) is 43.2 Å². The molecule has 0 bridgehead atoms. The van der Waals surface area contributed by atoms with Gasteiger partial charge in [0, 0.05) is 0 Å². The summed E-state index contributed by atoms with van der Waals surface area (Å²) < 4.78 is 111. The summed E-state index contributed by atoms with van der Waals surface area (Å²) in [6.45, 7) is 10.8. The Morgan fingerprint density at radius 3 is 1.36 bits per heavy atom. The molecule has 5 nitrogen and oxygen atoms in total. The molecule has 0 fully saturated rings. The topological polar surface area (TPSA) is 68.3 Å². The van der Waals surface area contributed by atoms with Crippen molar-refractivity contribution in [1.82, 2.24) is 0 Å². The van der Waals surface area contributed by atoms with Gasteiger partial charge in [-0.15, -0.1) is 0 Å². The van der Waals surface area contributed by atoms with Crippen LogP contribution < -0.4 is 0 Å². The number of hydrogen-bond donors (Lipinski definition) is 0. The number of hydrogen-bond acceptors (Lipinski definition) is 4. The van der Waals surface area contributed by atoms with Gasteiger partial charge in [0.2, 0.25) is 9.83 Å². The minimum atomic E-state index is -6.37. The van der Waals surface area contributed by atoms with Gasteiger partial charge in [0.25, 0.3) is 0 Å². The number of thiol groups is 1.